The van der Waals surface area contributed by atoms with E-state index >= 15 is 0 Å². The lowest BCUT2D eigenvalue weighted by molar-refractivity contribution is 0.316. The molecular weight excluding hydrogens is 167 g/mol. The highest BCUT2D eigenvalue weighted by atomic mass is 19.2. The molecule has 66 valence electrons. The van der Waals surface area contributed by atoms with Crippen LogP contribution < -0.4 is 0 Å². The van der Waals surface area contributed by atoms with Crippen LogP contribution in [-0.4, -0.2) is 10.0 Å². The molecule has 1 heterocycles. The van der Waals surface area contributed by atoms with Gasteiger partial charge in [0.2, 0.25) is 0 Å². The second-order valence-corrected chi connectivity index (χ2v) is 2.98. The summed E-state index contributed by atoms with van der Waals surface area (Å²) in [4.78, 5) is 0.315. The van der Waals surface area contributed by atoms with Gasteiger partial charge in [-0.2, -0.15) is 5.10 Å². The summed E-state index contributed by atoms with van der Waals surface area (Å²) in [7, 11) is 0. The van der Waals surface area contributed by atoms with Crippen LogP contribution in [0.5, 0.6) is 0 Å². The van der Waals surface area contributed by atoms with Gasteiger partial charge >= 0.3 is 0 Å². The predicted octanol–water partition coefficient (Wildman–Crippen LogP) is 2.59. The fraction of sp³-hybridized carbons (Fsp3) is 0.100. The van der Waals surface area contributed by atoms with Crippen LogP contribution in [0.4, 0.5) is 4.48 Å². The van der Waals surface area contributed by atoms with Crippen LogP contribution in [-0.2, 0) is 0 Å². The monoisotopic (exact) mass is 176 g/mol. The van der Waals surface area contributed by atoms with E-state index in [1.54, 1.807) is 0 Å². The Balaban J connectivity index is 2.41. The van der Waals surface area contributed by atoms with E-state index in [1.165, 1.54) is 18.0 Å². The highest BCUT2D eigenvalue weighted by molar-refractivity contribution is 5.61. The molecule has 0 amide bonds. The average Bonchev–Trinajstić information content (AvgIpc) is 2.53. The maximum absolute atomic E-state index is 12.5. The first kappa shape index (κ1) is 7.98. The van der Waals surface area contributed by atoms with Crippen LogP contribution in [0.3, 0.4) is 0 Å². The third-order valence-corrected chi connectivity index (χ3v) is 1.94. The van der Waals surface area contributed by atoms with Gasteiger partial charge in [-0.3, -0.25) is 0 Å². The molecule has 13 heavy (non-hydrogen) atoms. The summed E-state index contributed by atoms with van der Waals surface area (Å²) in [5.74, 6) is 0. The number of aromatic nitrogens is 2. The Labute approximate surface area is 75.6 Å². The van der Waals surface area contributed by atoms with E-state index in [0.717, 1.165) is 11.1 Å². The number of rotatable bonds is 1. The molecule has 3 heteroatoms. The van der Waals surface area contributed by atoms with E-state index in [0.29, 0.717) is 4.90 Å². The van der Waals surface area contributed by atoms with Crippen molar-refractivity contribution in [1.29, 1.82) is 0 Å². The summed E-state index contributed by atoms with van der Waals surface area (Å²) in [6.07, 6.45) is 2.86. The minimum Gasteiger partial charge on any atom is -0.150 e. The molecule has 0 saturated heterocycles. The van der Waals surface area contributed by atoms with E-state index < -0.39 is 0 Å². The topological polar surface area (TPSA) is 17.8 Å². The van der Waals surface area contributed by atoms with Gasteiger partial charge in [0.05, 0.1) is 12.4 Å². The van der Waals surface area contributed by atoms with Crippen LogP contribution in [0, 0.1) is 6.92 Å². The Hall–Kier alpha value is -1.64. The van der Waals surface area contributed by atoms with Crippen molar-refractivity contribution >= 4 is 0 Å². The minimum atomic E-state index is 0.315. The maximum Gasteiger partial charge on any atom is 0.0687 e. The summed E-state index contributed by atoms with van der Waals surface area (Å²) in [5.41, 5.74) is 2.97. The SMILES string of the molecule is Cc1ccc(-c2cnn(F)c2)cc1. The smallest absolute Gasteiger partial charge is 0.0687 e. The van der Waals surface area contributed by atoms with Gasteiger partial charge in [0, 0.05) is 5.56 Å². The number of halogens is 1. The molecule has 0 aliphatic rings. The number of benzene rings is 1. The van der Waals surface area contributed by atoms with Crippen molar-refractivity contribution in [2.24, 2.45) is 0 Å². The molecule has 0 aliphatic heterocycles. The van der Waals surface area contributed by atoms with Crippen molar-refractivity contribution < 1.29 is 4.48 Å². The zero-order valence-corrected chi connectivity index (χ0v) is 7.24. The highest BCUT2D eigenvalue weighted by Crippen LogP contribution is 2.18. The number of aryl methyl sites for hydroxylation is 1. The molecule has 2 nitrogen and oxygen atoms in total. The quantitative estimate of drug-likeness (QED) is 0.653. The second kappa shape index (κ2) is 3.01. The Kier molecular flexibility index (Phi) is 1.85. The number of hydrogen-bond acceptors (Lipinski definition) is 1. The lowest BCUT2D eigenvalue weighted by Crippen LogP contribution is -1.77. The zero-order chi connectivity index (χ0) is 9.26. The van der Waals surface area contributed by atoms with Crippen LogP contribution >= 0.6 is 0 Å². The maximum atomic E-state index is 12.5. The van der Waals surface area contributed by atoms with Crippen molar-refractivity contribution in [2.75, 3.05) is 0 Å². The van der Waals surface area contributed by atoms with Crippen molar-refractivity contribution in [2.45, 2.75) is 6.92 Å². The van der Waals surface area contributed by atoms with Gasteiger partial charge in [0.15, 0.2) is 0 Å². The summed E-state index contributed by atoms with van der Waals surface area (Å²) < 4.78 is 12.5. The van der Waals surface area contributed by atoms with Crippen molar-refractivity contribution in [3.8, 4) is 11.1 Å². The molecule has 0 atom stereocenters. The Morgan fingerprint density at radius 3 is 2.38 bits per heavy atom. The van der Waals surface area contributed by atoms with Crippen LogP contribution in [0.25, 0.3) is 11.1 Å². The van der Waals surface area contributed by atoms with Crippen molar-refractivity contribution in [3.63, 3.8) is 0 Å². The molecule has 1 aromatic heterocycles. The first-order valence-corrected chi connectivity index (χ1v) is 4.03. The van der Waals surface area contributed by atoms with Crippen molar-refractivity contribution in [1.82, 2.24) is 10.0 Å². The van der Waals surface area contributed by atoms with Gasteiger partial charge in [-0.15, -0.1) is 4.90 Å². The highest BCUT2D eigenvalue weighted by Gasteiger charge is 1.99. The van der Waals surface area contributed by atoms with E-state index in [4.69, 9.17) is 0 Å². The average molecular weight is 176 g/mol. The molecule has 0 spiro atoms. The molecule has 2 rings (SSSR count). The second-order valence-electron chi connectivity index (χ2n) is 2.98. The third kappa shape index (κ3) is 1.59. The first-order chi connectivity index (χ1) is 6.25. The molecule has 0 aliphatic carbocycles. The zero-order valence-electron chi connectivity index (χ0n) is 7.24. The van der Waals surface area contributed by atoms with Crippen LogP contribution in [0.1, 0.15) is 5.56 Å². The van der Waals surface area contributed by atoms with E-state index in [2.05, 4.69) is 5.10 Å². The lowest BCUT2D eigenvalue weighted by Gasteiger charge is -1.96. The van der Waals surface area contributed by atoms with Gasteiger partial charge < -0.3 is 0 Å². The molecule has 0 N–H and O–H groups in total. The van der Waals surface area contributed by atoms with Gasteiger partial charge in [-0.1, -0.05) is 34.3 Å². The third-order valence-electron chi connectivity index (χ3n) is 1.94. The summed E-state index contributed by atoms with van der Waals surface area (Å²) in [6, 6.07) is 7.88. The Morgan fingerprint density at radius 2 is 1.85 bits per heavy atom. The van der Waals surface area contributed by atoms with Gasteiger partial charge in [0.1, 0.15) is 0 Å². The Bertz CT molecular complexity index is 403. The number of nitrogens with zero attached hydrogens (tertiary/aromatic N) is 2. The van der Waals surface area contributed by atoms with Crippen LogP contribution in [0.15, 0.2) is 36.7 Å². The van der Waals surface area contributed by atoms with Gasteiger partial charge in [-0.25, -0.2) is 0 Å². The fourth-order valence-corrected chi connectivity index (χ4v) is 1.19. The fourth-order valence-electron chi connectivity index (χ4n) is 1.19. The molecule has 2 aromatic rings. The van der Waals surface area contributed by atoms with Gasteiger partial charge in [-0.05, 0) is 12.5 Å². The van der Waals surface area contributed by atoms with Crippen molar-refractivity contribution in [3.05, 3.63) is 42.2 Å². The van der Waals surface area contributed by atoms with E-state index in [9.17, 15) is 4.48 Å². The molecule has 0 saturated carbocycles. The molecular formula is C10H9FN2. The molecule has 0 bridgehead atoms. The van der Waals surface area contributed by atoms with Gasteiger partial charge in [0.25, 0.3) is 0 Å². The lowest BCUT2D eigenvalue weighted by atomic mass is 10.1. The molecule has 0 unspecified atom stereocenters. The minimum absolute atomic E-state index is 0.315. The first-order valence-electron chi connectivity index (χ1n) is 4.03. The summed E-state index contributed by atoms with van der Waals surface area (Å²) >= 11 is 0. The Morgan fingerprint density at radius 1 is 1.15 bits per heavy atom. The largest absolute Gasteiger partial charge is 0.150 e. The molecule has 0 fully saturated rings. The standard InChI is InChI=1S/C10H9FN2/c1-8-2-4-9(5-3-8)10-6-12-13(11)7-10/h2-7H,1H3. The number of hydrogen-bond donors (Lipinski definition) is 0. The normalized spacial score (nSPS) is 10.3. The summed E-state index contributed by atoms with van der Waals surface area (Å²) in [6.45, 7) is 2.02. The van der Waals surface area contributed by atoms with Crippen LogP contribution in [0.2, 0.25) is 0 Å². The molecule has 1 aromatic carbocycles. The predicted molar refractivity (Wildman–Crippen MR) is 48.9 cm³/mol. The molecule has 0 radical (unpaired) electrons. The summed E-state index contributed by atoms with van der Waals surface area (Å²) in [5, 5.41) is 3.47. The van der Waals surface area contributed by atoms with E-state index in [-0.39, 0.29) is 0 Å². The van der Waals surface area contributed by atoms with E-state index in [1.807, 2.05) is 31.2 Å².